The number of β-amino-alcohol motifs (C(OH)–C–C–N with tert-alkyl or cyclic N) is 1. The number of piperidine rings is 2. The van der Waals surface area contributed by atoms with Gasteiger partial charge in [0, 0.05) is 6.54 Å². The van der Waals surface area contributed by atoms with E-state index in [0.29, 0.717) is 6.54 Å². The highest BCUT2D eigenvalue weighted by Crippen LogP contribution is 2.46. The summed E-state index contributed by atoms with van der Waals surface area (Å²) in [7, 11) is 0. The topological polar surface area (TPSA) is 60.9 Å². The van der Waals surface area contributed by atoms with Gasteiger partial charge in [0.05, 0.1) is 24.5 Å². The van der Waals surface area contributed by atoms with Crippen LogP contribution in [0.5, 0.6) is 0 Å². The van der Waals surface area contributed by atoms with Gasteiger partial charge >= 0.3 is 0 Å². The second kappa shape index (κ2) is 4.87. The van der Waals surface area contributed by atoms with E-state index in [1.54, 1.807) is 0 Å². The fourth-order valence-electron chi connectivity index (χ4n) is 3.24. The first-order valence-corrected chi connectivity index (χ1v) is 7.32. The van der Waals surface area contributed by atoms with Crippen molar-refractivity contribution >= 4 is 11.8 Å². The molecule has 0 aromatic rings. The molecular formula is C14H22N2O3. The maximum absolute atomic E-state index is 11.8. The lowest BCUT2D eigenvalue weighted by Gasteiger charge is -2.32. The van der Waals surface area contributed by atoms with Gasteiger partial charge in [-0.25, -0.2) is 0 Å². The van der Waals surface area contributed by atoms with E-state index in [0.717, 1.165) is 25.4 Å². The monoisotopic (exact) mass is 266 g/mol. The number of carbonyl (C=O) groups is 2. The number of aliphatic hydroxyl groups is 1. The molecule has 3 unspecified atom stereocenters. The molecule has 2 saturated heterocycles. The van der Waals surface area contributed by atoms with Crippen LogP contribution in [0.15, 0.2) is 0 Å². The molecule has 0 bridgehead atoms. The van der Waals surface area contributed by atoms with E-state index in [9.17, 15) is 14.7 Å². The first-order valence-electron chi connectivity index (χ1n) is 7.32. The molecule has 1 saturated carbocycles. The van der Waals surface area contributed by atoms with E-state index in [4.69, 9.17) is 0 Å². The van der Waals surface area contributed by atoms with Gasteiger partial charge in [0.25, 0.3) is 0 Å². The van der Waals surface area contributed by atoms with Gasteiger partial charge in [-0.3, -0.25) is 14.5 Å². The minimum Gasteiger partial charge on any atom is -0.390 e. The third kappa shape index (κ3) is 2.54. The van der Waals surface area contributed by atoms with Crippen molar-refractivity contribution in [3.63, 3.8) is 0 Å². The maximum atomic E-state index is 11.8. The minimum absolute atomic E-state index is 0.0597. The predicted molar refractivity (Wildman–Crippen MR) is 69.2 cm³/mol. The highest BCUT2D eigenvalue weighted by molar-refractivity contribution is 6.08. The first kappa shape index (κ1) is 13.1. The lowest BCUT2D eigenvalue weighted by atomic mass is 9.99. The third-order valence-electron chi connectivity index (χ3n) is 4.70. The van der Waals surface area contributed by atoms with Crippen LogP contribution in [0.2, 0.25) is 0 Å². The molecule has 3 atom stereocenters. The van der Waals surface area contributed by atoms with Crippen LogP contribution in [-0.2, 0) is 9.59 Å². The van der Waals surface area contributed by atoms with Gasteiger partial charge in [0.15, 0.2) is 0 Å². The molecular weight excluding hydrogens is 244 g/mol. The Balaban J connectivity index is 1.47. The zero-order chi connectivity index (χ0) is 13.6. The van der Waals surface area contributed by atoms with Crippen LogP contribution in [0.25, 0.3) is 0 Å². The molecule has 5 nitrogen and oxygen atoms in total. The average Bonchev–Trinajstić information content (AvgIpc) is 3.13. The second-order valence-corrected chi connectivity index (χ2v) is 6.37. The molecule has 0 aromatic carbocycles. The molecule has 0 aromatic heterocycles. The quantitative estimate of drug-likeness (QED) is 0.732. The Morgan fingerprint density at radius 1 is 1.16 bits per heavy atom. The van der Waals surface area contributed by atoms with Crippen molar-refractivity contribution in [2.45, 2.75) is 32.3 Å². The van der Waals surface area contributed by atoms with Gasteiger partial charge < -0.3 is 10.0 Å². The standard InChI is InChI=1S/C14H22N2O3/c1-9-2-4-15(5-3-9)7-10(17)8-16-13(18)11-6-12(11)14(16)19/h9-12,17H,2-8H2,1H3. The summed E-state index contributed by atoms with van der Waals surface area (Å²) >= 11 is 0. The number of carbonyl (C=O) groups excluding carboxylic acids is 2. The Morgan fingerprint density at radius 2 is 1.74 bits per heavy atom. The summed E-state index contributed by atoms with van der Waals surface area (Å²) in [5.74, 6) is 0.510. The van der Waals surface area contributed by atoms with Crippen molar-refractivity contribution in [3.05, 3.63) is 0 Å². The molecule has 5 heteroatoms. The molecule has 0 radical (unpaired) electrons. The number of aliphatic hydroxyl groups excluding tert-OH is 1. The summed E-state index contributed by atoms with van der Waals surface area (Å²) in [6, 6.07) is 0. The van der Waals surface area contributed by atoms with Crippen LogP contribution < -0.4 is 0 Å². The zero-order valence-corrected chi connectivity index (χ0v) is 11.4. The highest BCUT2D eigenvalue weighted by atomic mass is 16.3. The summed E-state index contributed by atoms with van der Waals surface area (Å²) in [5.41, 5.74) is 0. The van der Waals surface area contributed by atoms with E-state index in [1.807, 2.05) is 0 Å². The number of rotatable bonds is 4. The Bertz CT molecular complexity index is 370. The maximum Gasteiger partial charge on any atom is 0.233 e. The number of hydrogen-bond donors (Lipinski definition) is 1. The summed E-state index contributed by atoms with van der Waals surface area (Å²) in [6.45, 7) is 5.01. The van der Waals surface area contributed by atoms with E-state index in [2.05, 4.69) is 11.8 Å². The average molecular weight is 266 g/mol. The predicted octanol–water partition coefficient (Wildman–Crippen LogP) is 0.0841. The van der Waals surface area contributed by atoms with E-state index in [1.165, 1.54) is 17.7 Å². The summed E-state index contributed by atoms with van der Waals surface area (Å²) < 4.78 is 0. The Hall–Kier alpha value is -0.940. The highest BCUT2D eigenvalue weighted by Gasteiger charge is 2.58. The molecule has 3 rings (SSSR count). The third-order valence-corrected chi connectivity index (χ3v) is 4.70. The Kier molecular flexibility index (Phi) is 3.35. The molecule has 3 fully saturated rings. The molecule has 1 N–H and O–H groups in total. The van der Waals surface area contributed by atoms with Crippen LogP contribution in [0.4, 0.5) is 0 Å². The largest absolute Gasteiger partial charge is 0.390 e. The minimum atomic E-state index is -0.612. The van der Waals surface area contributed by atoms with Crippen molar-refractivity contribution in [2.75, 3.05) is 26.2 Å². The van der Waals surface area contributed by atoms with Gasteiger partial charge in [-0.2, -0.15) is 0 Å². The fourth-order valence-corrected chi connectivity index (χ4v) is 3.24. The fraction of sp³-hybridized carbons (Fsp3) is 0.857. The van der Waals surface area contributed by atoms with Gasteiger partial charge in [0.2, 0.25) is 11.8 Å². The van der Waals surface area contributed by atoms with E-state index < -0.39 is 6.10 Å². The van der Waals surface area contributed by atoms with Crippen LogP contribution in [-0.4, -0.2) is 59.0 Å². The number of imide groups is 1. The smallest absolute Gasteiger partial charge is 0.233 e. The molecule has 3 aliphatic rings. The Morgan fingerprint density at radius 3 is 2.32 bits per heavy atom. The first-order chi connectivity index (χ1) is 9.06. The van der Waals surface area contributed by atoms with Crippen molar-refractivity contribution in [3.8, 4) is 0 Å². The van der Waals surface area contributed by atoms with Crippen molar-refractivity contribution in [2.24, 2.45) is 17.8 Å². The summed E-state index contributed by atoms with van der Waals surface area (Å²) in [6.07, 6.45) is 2.45. The van der Waals surface area contributed by atoms with Crippen LogP contribution in [0, 0.1) is 17.8 Å². The molecule has 2 heterocycles. The van der Waals surface area contributed by atoms with E-state index >= 15 is 0 Å². The lowest BCUT2D eigenvalue weighted by Crippen LogP contribution is -2.45. The van der Waals surface area contributed by atoms with Crippen LogP contribution in [0.1, 0.15) is 26.2 Å². The van der Waals surface area contributed by atoms with Crippen molar-refractivity contribution in [1.29, 1.82) is 0 Å². The van der Waals surface area contributed by atoms with Gasteiger partial charge in [0.1, 0.15) is 0 Å². The van der Waals surface area contributed by atoms with Crippen molar-refractivity contribution in [1.82, 2.24) is 9.80 Å². The summed E-state index contributed by atoms with van der Waals surface area (Å²) in [4.78, 5) is 27.1. The normalized spacial score (nSPS) is 33.7. The van der Waals surface area contributed by atoms with Crippen LogP contribution >= 0.6 is 0 Å². The second-order valence-electron chi connectivity index (χ2n) is 6.37. The van der Waals surface area contributed by atoms with E-state index in [-0.39, 0.29) is 30.2 Å². The van der Waals surface area contributed by atoms with Gasteiger partial charge in [-0.05, 0) is 38.3 Å². The molecule has 2 amide bonds. The number of amides is 2. The van der Waals surface area contributed by atoms with Crippen LogP contribution in [0.3, 0.4) is 0 Å². The SMILES string of the molecule is CC1CCN(CC(O)CN2C(=O)C3CC3C2=O)CC1. The number of hydrogen-bond acceptors (Lipinski definition) is 4. The number of nitrogens with zero attached hydrogens (tertiary/aromatic N) is 2. The Labute approximate surface area is 113 Å². The zero-order valence-electron chi connectivity index (χ0n) is 11.4. The molecule has 19 heavy (non-hydrogen) atoms. The molecule has 0 spiro atoms. The number of likely N-dealkylation sites (tertiary alicyclic amines) is 2. The molecule has 106 valence electrons. The molecule has 1 aliphatic carbocycles. The lowest BCUT2D eigenvalue weighted by molar-refractivity contribution is -0.143. The number of fused-ring (bicyclic) bond motifs is 1. The van der Waals surface area contributed by atoms with Gasteiger partial charge in [-0.1, -0.05) is 6.92 Å². The molecule has 2 aliphatic heterocycles. The summed E-state index contributed by atoms with van der Waals surface area (Å²) in [5, 5.41) is 10.1. The van der Waals surface area contributed by atoms with Crippen molar-refractivity contribution < 1.29 is 14.7 Å². The van der Waals surface area contributed by atoms with Gasteiger partial charge in [-0.15, -0.1) is 0 Å².